The molecule has 30 heavy (non-hydrogen) atoms. The van der Waals surface area contributed by atoms with Crippen LogP contribution in [0.1, 0.15) is 42.2 Å². The molecule has 0 radical (unpaired) electrons. The number of halogens is 1. The topological polar surface area (TPSA) is 30.7 Å². The SMILES string of the molecule is CCCCCOc1ccc(C(=O)c2c(-c3ccc(Cl)cc3)cc3ccccn23)cc1. The molecule has 0 atom stereocenters. The van der Waals surface area contributed by atoms with E-state index in [1.165, 1.54) is 0 Å². The first-order valence-electron chi connectivity index (χ1n) is 10.3. The molecule has 4 heteroatoms. The van der Waals surface area contributed by atoms with Gasteiger partial charge in [0.2, 0.25) is 5.78 Å². The number of hydrogen-bond donors (Lipinski definition) is 0. The van der Waals surface area contributed by atoms with Crippen LogP contribution < -0.4 is 4.74 Å². The smallest absolute Gasteiger partial charge is 0.210 e. The van der Waals surface area contributed by atoms with Crippen LogP contribution in [0.2, 0.25) is 5.02 Å². The first-order chi connectivity index (χ1) is 14.7. The van der Waals surface area contributed by atoms with E-state index in [0.29, 0.717) is 22.9 Å². The number of nitrogens with zero attached hydrogens (tertiary/aromatic N) is 1. The third-order valence-electron chi connectivity index (χ3n) is 5.18. The molecule has 0 spiro atoms. The van der Waals surface area contributed by atoms with E-state index >= 15 is 0 Å². The van der Waals surface area contributed by atoms with Gasteiger partial charge < -0.3 is 9.14 Å². The maximum absolute atomic E-state index is 13.5. The fourth-order valence-corrected chi connectivity index (χ4v) is 3.71. The summed E-state index contributed by atoms with van der Waals surface area (Å²) in [4.78, 5) is 13.5. The van der Waals surface area contributed by atoms with E-state index in [1.54, 1.807) is 0 Å². The fourth-order valence-electron chi connectivity index (χ4n) is 3.59. The first-order valence-corrected chi connectivity index (χ1v) is 10.7. The van der Waals surface area contributed by atoms with E-state index in [4.69, 9.17) is 16.3 Å². The molecule has 0 aliphatic heterocycles. The lowest BCUT2D eigenvalue weighted by atomic mass is 10.0. The summed E-state index contributed by atoms with van der Waals surface area (Å²) in [6.45, 7) is 2.87. The Kier molecular flexibility index (Phi) is 6.20. The molecule has 0 bridgehead atoms. The summed E-state index contributed by atoms with van der Waals surface area (Å²) < 4.78 is 7.72. The van der Waals surface area contributed by atoms with Gasteiger partial charge in [0.25, 0.3) is 0 Å². The largest absolute Gasteiger partial charge is 0.494 e. The van der Waals surface area contributed by atoms with Crippen molar-refractivity contribution < 1.29 is 9.53 Å². The van der Waals surface area contributed by atoms with Crippen LogP contribution in [0, 0.1) is 0 Å². The lowest BCUT2D eigenvalue weighted by Crippen LogP contribution is -2.07. The lowest BCUT2D eigenvalue weighted by Gasteiger charge is -2.09. The second-order valence-corrected chi connectivity index (χ2v) is 7.75. The summed E-state index contributed by atoms with van der Waals surface area (Å²) in [6, 6.07) is 23.0. The Labute approximate surface area is 181 Å². The molecule has 0 aliphatic rings. The monoisotopic (exact) mass is 417 g/mol. The second-order valence-electron chi connectivity index (χ2n) is 7.32. The van der Waals surface area contributed by atoms with Gasteiger partial charge >= 0.3 is 0 Å². The second kappa shape index (κ2) is 9.19. The van der Waals surface area contributed by atoms with Gasteiger partial charge in [0, 0.05) is 27.9 Å². The van der Waals surface area contributed by atoms with Crippen molar-refractivity contribution in [3.63, 3.8) is 0 Å². The highest BCUT2D eigenvalue weighted by atomic mass is 35.5. The van der Waals surface area contributed by atoms with E-state index < -0.39 is 0 Å². The highest BCUT2D eigenvalue weighted by molar-refractivity contribution is 6.30. The van der Waals surface area contributed by atoms with E-state index in [1.807, 2.05) is 83.4 Å². The van der Waals surface area contributed by atoms with Crippen molar-refractivity contribution in [2.45, 2.75) is 26.2 Å². The normalized spacial score (nSPS) is 11.0. The molecule has 2 aromatic carbocycles. The first kappa shape index (κ1) is 20.2. The van der Waals surface area contributed by atoms with Gasteiger partial charge in [0.15, 0.2) is 0 Å². The van der Waals surface area contributed by atoms with Crippen LogP contribution in [0.15, 0.2) is 79.0 Å². The summed E-state index contributed by atoms with van der Waals surface area (Å²) >= 11 is 6.06. The summed E-state index contributed by atoms with van der Waals surface area (Å²) in [5, 5.41) is 0.671. The van der Waals surface area contributed by atoms with Gasteiger partial charge in [-0.15, -0.1) is 0 Å². The van der Waals surface area contributed by atoms with Gasteiger partial charge in [-0.2, -0.15) is 0 Å². The number of carbonyl (C=O) groups is 1. The van der Waals surface area contributed by atoms with Gasteiger partial charge in [-0.1, -0.05) is 49.6 Å². The van der Waals surface area contributed by atoms with Crippen LogP contribution >= 0.6 is 11.6 Å². The van der Waals surface area contributed by atoms with E-state index in [2.05, 4.69) is 6.92 Å². The Hall–Kier alpha value is -3.04. The van der Waals surface area contributed by atoms with Crippen LogP contribution in [-0.2, 0) is 0 Å². The van der Waals surface area contributed by atoms with Crippen molar-refractivity contribution in [2.24, 2.45) is 0 Å². The molecule has 0 aliphatic carbocycles. The number of carbonyl (C=O) groups excluding carboxylic acids is 1. The third-order valence-corrected chi connectivity index (χ3v) is 5.44. The van der Waals surface area contributed by atoms with Crippen molar-refractivity contribution >= 4 is 22.9 Å². The summed E-state index contributed by atoms with van der Waals surface area (Å²) in [7, 11) is 0. The molecule has 0 unspecified atom stereocenters. The average Bonchev–Trinajstić information content (AvgIpc) is 3.17. The zero-order valence-corrected chi connectivity index (χ0v) is 17.7. The molecule has 152 valence electrons. The highest BCUT2D eigenvalue weighted by Crippen LogP contribution is 2.31. The van der Waals surface area contributed by atoms with Crippen molar-refractivity contribution in [2.75, 3.05) is 6.61 Å². The van der Waals surface area contributed by atoms with Gasteiger partial charge in [-0.25, -0.2) is 0 Å². The third kappa shape index (κ3) is 4.27. The zero-order chi connectivity index (χ0) is 20.9. The van der Waals surface area contributed by atoms with E-state index in [0.717, 1.165) is 41.7 Å². The maximum atomic E-state index is 13.5. The number of aromatic nitrogens is 1. The molecule has 0 amide bonds. The fraction of sp³-hybridized carbons (Fsp3) is 0.192. The predicted octanol–water partition coefficient (Wildman–Crippen LogP) is 7.06. The minimum absolute atomic E-state index is 0.0244. The zero-order valence-electron chi connectivity index (χ0n) is 17.0. The van der Waals surface area contributed by atoms with Gasteiger partial charge in [-0.05, 0) is 66.6 Å². The Morgan fingerprint density at radius 1 is 0.967 bits per heavy atom. The summed E-state index contributed by atoms with van der Waals surface area (Å²) in [5.74, 6) is 0.768. The van der Waals surface area contributed by atoms with Crippen LogP contribution in [0.4, 0.5) is 0 Å². The number of benzene rings is 2. The standard InChI is InChI=1S/C26H24ClNO2/c1-2-3-6-17-30-23-14-10-20(11-15-23)26(29)25-24(19-8-12-21(27)13-9-19)18-22-7-4-5-16-28(22)25/h4-5,7-16,18H,2-3,6,17H2,1H3. The molecule has 4 aromatic rings. The molecule has 0 fully saturated rings. The molecular formula is C26H24ClNO2. The van der Waals surface area contributed by atoms with Crippen LogP contribution in [0.25, 0.3) is 16.6 Å². The Morgan fingerprint density at radius 2 is 1.73 bits per heavy atom. The molecule has 0 saturated heterocycles. The van der Waals surface area contributed by atoms with Crippen LogP contribution in [-0.4, -0.2) is 16.8 Å². The van der Waals surface area contributed by atoms with Crippen molar-refractivity contribution in [1.82, 2.24) is 4.40 Å². The molecule has 2 aromatic heterocycles. The van der Waals surface area contributed by atoms with E-state index in [-0.39, 0.29) is 5.78 Å². The molecule has 3 nitrogen and oxygen atoms in total. The van der Waals surface area contributed by atoms with E-state index in [9.17, 15) is 4.79 Å². The van der Waals surface area contributed by atoms with Crippen molar-refractivity contribution in [3.8, 4) is 16.9 Å². The Bertz CT molecular complexity index is 1140. The lowest BCUT2D eigenvalue weighted by molar-refractivity contribution is 0.103. The Morgan fingerprint density at radius 3 is 2.47 bits per heavy atom. The van der Waals surface area contributed by atoms with Gasteiger partial charge in [0.1, 0.15) is 11.4 Å². The van der Waals surface area contributed by atoms with Gasteiger partial charge in [0.05, 0.1) is 6.61 Å². The number of ketones is 1. The highest BCUT2D eigenvalue weighted by Gasteiger charge is 2.20. The minimum Gasteiger partial charge on any atom is -0.494 e. The average molecular weight is 418 g/mol. The predicted molar refractivity (Wildman–Crippen MR) is 123 cm³/mol. The number of unbranched alkanes of at least 4 members (excludes halogenated alkanes) is 2. The maximum Gasteiger partial charge on any atom is 0.210 e. The minimum atomic E-state index is -0.0244. The molecule has 0 N–H and O–H groups in total. The summed E-state index contributed by atoms with van der Waals surface area (Å²) in [6.07, 6.45) is 5.29. The van der Waals surface area contributed by atoms with Crippen LogP contribution in [0.5, 0.6) is 5.75 Å². The number of fused-ring (bicyclic) bond motifs is 1. The molecular weight excluding hydrogens is 394 g/mol. The number of ether oxygens (including phenoxy) is 1. The molecule has 2 heterocycles. The van der Waals surface area contributed by atoms with Crippen molar-refractivity contribution in [3.05, 3.63) is 95.3 Å². The van der Waals surface area contributed by atoms with Gasteiger partial charge in [-0.3, -0.25) is 4.79 Å². The molecule has 0 saturated carbocycles. The van der Waals surface area contributed by atoms with Crippen molar-refractivity contribution in [1.29, 1.82) is 0 Å². The number of hydrogen-bond acceptors (Lipinski definition) is 2. The molecule has 4 rings (SSSR count). The summed E-state index contributed by atoms with van der Waals surface area (Å²) in [5.41, 5.74) is 4.10. The van der Waals surface area contributed by atoms with Crippen LogP contribution in [0.3, 0.4) is 0 Å². The quantitative estimate of drug-likeness (QED) is 0.227. The number of rotatable bonds is 8. The Balaban J connectivity index is 1.67. The number of pyridine rings is 1.